The lowest BCUT2D eigenvalue weighted by Crippen LogP contribution is -2.68. The average Bonchev–Trinajstić information content (AvgIpc) is 3.28. The average molecular weight is 587 g/mol. The van der Waals surface area contributed by atoms with Gasteiger partial charge >= 0.3 is 0 Å². The van der Waals surface area contributed by atoms with E-state index >= 15 is 0 Å². The van der Waals surface area contributed by atoms with Crippen LogP contribution in [0, 0.1) is 51.2 Å². The van der Waals surface area contributed by atoms with Crippen LogP contribution in [0.2, 0.25) is 0 Å². The van der Waals surface area contributed by atoms with E-state index in [1.54, 1.807) is 0 Å². The molecule has 1 saturated heterocycles. The molecule has 5 nitrogen and oxygen atoms in total. The lowest BCUT2D eigenvalue weighted by atomic mass is 9.33. The van der Waals surface area contributed by atoms with Gasteiger partial charge in [0.1, 0.15) is 0 Å². The van der Waals surface area contributed by atoms with Gasteiger partial charge in [-0.1, -0.05) is 46.8 Å². The molecule has 41 heavy (non-hydrogen) atoms. The molecule has 0 amide bonds. The fraction of sp³-hybridized carbons (Fsp3) is 0.886. The van der Waals surface area contributed by atoms with Gasteiger partial charge in [0, 0.05) is 37.1 Å². The standard InChI is InChI=1S/C35H58N2O3S/c1-24(2)25-10-15-35(36-18-19-37-20-22-41(39,40)23-21-37)17-16-33(6)26(30(25)35)8-9-28-32(5)13-12-29(38)31(3,4)27(32)11-14-34(28,33)7/h12,25-28,30,36,38H,1,8-11,13-23H2,2-7H3/t25?,26-,27+,28-,30-,32+,33-,34-,35+/m1/s1. The van der Waals surface area contributed by atoms with Gasteiger partial charge in [-0.2, -0.15) is 0 Å². The summed E-state index contributed by atoms with van der Waals surface area (Å²) >= 11 is 0. The van der Waals surface area contributed by atoms with E-state index in [-0.39, 0.29) is 16.4 Å². The molecule has 0 aromatic heterocycles. The van der Waals surface area contributed by atoms with Crippen LogP contribution in [-0.2, 0) is 9.84 Å². The molecule has 6 rings (SSSR count). The SMILES string of the molecule is C=C(C)C1CC[C@]2(NCCN3CCS(=O)(=O)CC3)CC[C@]3(C)[C@H](CC[C@@H]4[C@@]5(C)CC=C(O)C(C)(C)[C@@H]5CC[C@]43C)[C@@H]12. The summed E-state index contributed by atoms with van der Waals surface area (Å²) in [4.78, 5) is 2.35. The zero-order valence-corrected chi connectivity index (χ0v) is 27.7. The zero-order valence-electron chi connectivity index (χ0n) is 26.9. The highest BCUT2D eigenvalue weighted by molar-refractivity contribution is 7.91. The highest BCUT2D eigenvalue weighted by Gasteiger charge is 2.70. The fourth-order valence-corrected chi connectivity index (χ4v) is 13.8. The third-order valence-corrected chi connectivity index (χ3v) is 16.6. The van der Waals surface area contributed by atoms with Crippen molar-refractivity contribution in [3.8, 4) is 0 Å². The summed E-state index contributed by atoms with van der Waals surface area (Å²) in [5.41, 5.74) is 2.29. The molecule has 1 unspecified atom stereocenters. The minimum Gasteiger partial charge on any atom is -0.512 e. The third kappa shape index (κ3) is 4.37. The molecular weight excluding hydrogens is 528 g/mol. The molecule has 2 N–H and O–H groups in total. The second-order valence-electron chi connectivity index (χ2n) is 16.8. The van der Waals surface area contributed by atoms with Crippen LogP contribution in [0.4, 0.5) is 0 Å². The van der Waals surface area contributed by atoms with Gasteiger partial charge in [0.2, 0.25) is 0 Å². The number of sulfone groups is 1. The summed E-state index contributed by atoms with van der Waals surface area (Å²) in [6, 6.07) is 0. The fourth-order valence-electron chi connectivity index (χ4n) is 12.5. The molecule has 6 heteroatoms. The molecule has 1 aliphatic heterocycles. The van der Waals surface area contributed by atoms with Crippen LogP contribution in [0.25, 0.3) is 0 Å². The molecule has 5 fully saturated rings. The van der Waals surface area contributed by atoms with Crippen molar-refractivity contribution in [2.24, 2.45) is 51.2 Å². The van der Waals surface area contributed by atoms with Gasteiger partial charge in [0.25, 0.3) is 0 Å². The Morgan fingerprint density at radius 2 is 1.68 bits per heavy atom. The molecule has 0 radical (unpaired) electrons. The van der Waals surface area contributed by atoms with Gasteiger partial charge in [-0.15, -0.1) is 0 Å². The number of allylic oxidation sites excluding steroid dienone is 3. The van der Waals surface area contributed by atoms with E-state index in [9.17, 15) is 13.5 Å². The molecule has 1 heterocycles. The van der Waals surface area contributed by atoms with Crippen LogP contribution in [0.3, 0.4) is 0 Å². The summed E-state index contributed by atoms with van der Waals surface area (Å²) in [6.07, 6.45) is 13.4. The normalized spacial score (nSPS) is 48.7. The number of hydrogen-bond acceptors (Lipinski definition) is 5. The molecule has 232 valence electrons. The largest absolute Gasteiger partial charge is 0.512 e. The number of hydrogen-bond donors (Lipinski definition) is 2. The van der Waals surface area contributed by atoms with Gasteiger partial charge in [-0.25, -0.2) is 8.42 Å². The van der Waals surface area contributed by atoms with Crippen molar-refractivity contribution in [2.45, 2.75) is 105 Å². The Hall–Kier alpha value is -0.850. The van der Waals surface area contributed by atoms with E-state index in [4.69, 9.17) is 0 Å². The van der Waals surface area contributed by atoms with E-state index in [1.807, 2.05) is 0 Å². The summed E-state index contributed by atoms with van der Waals surface area (Å²) in [7, 11) is -2.84. The second kappa shape index (κ2) is 9.83. The Bertz CT molecular complexity index is 1200. The van der Waals surface area contributed by atoms with E-state index in [0.29, 0.717) is 70.8 Å². The first-order chi connectivity index (χ1) is 19.1. The monoisotopic (exact) mass is 586 g/mol. The predicted octanol–water partition coefficient (Wildman–Crippen LogP) is 6.77. The van der Waals surface area contributed by atoms with Crippen molar-refractivity contribution in [2.75, 3.05) is 37.7 Å². The van der Waals surface area contributed by atoms with E-state index < -0.39 is 9.84 Å². The summed E-state index contributed by atoms with van der Waals surface area (Å²) in [5, 5.41) is 15.1. The minimum absolute atomic E-state index is 0.132. The molecule has 4 saturated carbocycles. The zero-order chi connectivity index (χ0) is 29.6. The quantitative estimate of drug-likeness (QED) is 0.348. The van der Waals surface area contributed by atoms with Crippen LogP contribution in [0.5, 0.6) is 0 Å². The maximum absolute atomic E-state index is 11.9. The Labute approximate surface area is 250 Å². The highest BCUT2D eigenvalue weighted by Crippen LogP contribution is 2.76. The number of aliphatic hydroxyl groups excluding tert-OH is 1. The molecule has 6 aliphatic rings. The first-order valence-corrected chi connectivity index (χ1v) is 18.6. The van der Waals surface area contributed by atoms with Gasteiger partial charge in [-0.3, -0.25) is 0 Å². The van der Waals surface area contributed by atoms with E-state index in [1.165, 1.54) is 56.9 Å². The van der Waals surface area contributed by atoms with Crippen molar-refractivity contribution < 1.29 is 13.5 Å². The van der Waals surface area contributed by atoms with Crippen molar-refractivity contribution in [1.29, 1.82) is 0 Å². The lowest BCUT2D eigenvalue weighted by molar-refractivity contribution is -0.223. The van der Waals surface area contributed by atoms with Crippen LogP contribution in [0.15, 0.2) is 24.0 Å². The first kappa shape index (κ1) is 30.2. The van der Waals surface area contributed by atoms with Crippen molar-refractivity contribution in [1.82, 2.24) is 10.2 Å². The number of nitrogens with zero attached hydrogens (tertiary/aromatic N) is 1. The first-order valence-electron chi connectivity index (χ1n) is 16.8. The second-order valence-corrected chi connectivity index (χ2v) is 19.1. The topological polar surface area (TPSA) is 69.6 Å². The number of aliphatic hydroxyl groups is 1. The van der Waals surface area contributed by atoms with Gasteiger partial charge in [0.05, 0.1) is 17.3 Å². The van der Waals surface area contributed by atoms with Crippen molar-refractivity contribution in [3.63, 3.8) is 0 Å². The maximum atomic E-state index is 11.9. The molecule has 9 atom stereocenters. The smallest absolute Gasteiger partial charge is 0.152 e. The van der Waals surface area contributed by atoms with Gasteiger partial charge in [-0.05, 0) is 117 Å². The minimum atomic E-state index is -2.84. The summed E-state index contributed by atoms with van der Waals surface area (Å²) in [6.45, 7) is 22.6. The van der Waals surface area contributed by atoms with Crippen molar-refractivity contribution in [3.05, 3.63) is 24.0 Å². The Balaban J connectivity index is 1.26. The molecule has 5 aliphatic carbocycles. The molecule has 0 aromatic carbocycles. The Kier molecular flexibility index (Phi) is 7.23. The highest BCUT2D eigenvalue weighted by atomic mass is 32.2. The van der Waals surface area contributed by atoms with Gasteiger partial charge < -0.3 is 15.3 Å². The van der Waals surface area contributed by atoms with Gasteiger partial charge in [0.15, 0.2) is 9.84 Å². The molecule has 0 bridgehead atoms. The van der Waals surface area contributed by atoms with E-state index in [0.717, 1.165) is 19.5 Å². The number of nitrogens with one attached hydrogen (secondary N) is 1. The summed E-state index contributed by atoms with van der Waals surface area (Å²) < 4.78 is 23.9. The predicted molar refractivity (Wildman–Crippen MR) is 168 cm³/mol. The molecular formula is C35H58N2O3S. The molecule has 0 spiro atoms. The Morgan fingerprint density at radius 1 is 0.976 bits per heavy atom. The maximum Gasteiger partial charge on any atom is 0.152 e. The lowest BCUT2D eigenvalue weighted by Gasteiger charge is -2.72. The van der Waals surface area contributed by atoms with Crippen LogP contribution in [0.1, 0.15) is 99.3 Å². The third-order valence-electron chi connectivity index (χ3n) is 14.9. The Morgan fingerprint density at radius 3 is 2.37 bits per heavy atom. The summed E-state index contributed by atoms with van der Waals surface area (Å²) in [5.74, 6) is 4.41. The molecule has 0 aromatic rings. The van der Waals surface area contributed by atoms with Crippen LogP contribution >= 0.6 is 0 Å². The van der Waals surface area contributed by atoms with Crippen LogP contribution in [-0.4, -0.2) is 61.6 Å². The number of rotatable bonds is 5. The number of fused-ring (bicyclic) bond motifs is 7. The van der Waals surface area contributed by atoms with Crippen LogP contribution < -0.4 is 5.32 Å². The van der Waals surface area contributed by atoms with Crippen molar-refractivity contribution >= 4 is 9.84 Å². The van der Waals surface area contributed by atoms with E-state index in [2.05, 4.69) is 64.4 Å².